The Hall–Kier alpha value is -1.87. The molecular formula is C23H36O3. The number of unbranched alkanes of at least 4 members (excludes halogenated alkanes) is 2. The molecule has 0 bridgehead atoms. The van der Waals surface area contributed by atoms with Crippen molar-refractivity contribution in [1.29, 1.82) is 0 Å². The van der Waals surface area contributed by atoms with Crippen LogP contribution >= 0.6 is 0 Å². The molecule has 0 aromatic rings. The third-order valence-electron chi connectivity index (χ3n) is 3.72. The standard InChI is InChI=1S/C23H36O3/c1-3-5-6-7-8-9-10-11-12-13-14-15-16-17-18-19-20-21-26-22(4-2)23(24)25/h3,5,7-8,10-11,13-14,16-17,22H,4,6,9,12,15,18-21H2,1-2H3,(H,24,25)/b5-3-,8-7-,11-10-,14-13-,17-16-. The molecule has 1 unspecified atom stereocenters. The molecule has 0 saturated heterocycles. The molecule has 1 atom stereocenters. The second-order valence-electron chi connectivity index (χ2n) is 6.00. The van der Waals surface area contributed by atoms with Crippen LogP contribution in [-0.2, 0) is 9.53 Å². The van der Waals surface area contributed by atoms with Crippen molar-refractivity contribution < 1.29 is 14.6 Å². The fourth-order valence-electron chi connectivity index (χ4n) is 2.20. The molecule has 0 amide bonds. The molecule has 0 aliphatic carbocycles. The van der Waals surface area contributed by atoms with Gasteiger partial charge in [0.2, 0.25) is 0 Å². The fraction of sp³-hybridized carbons (Fsp3) is 0.522. The number of rotatable bonds is 16. The fourth-order valence-corrected chi connectivity index (χ4v) is 2.20. The smallest absolute Gasteiger partial charge is 0.332 e. The zero-order valence-electron chi connectivity index (χ0n) is 16.5. The van der Waals surface area contributed by atoms with E-state index in [0.717, 1.165) is 44.9 Å². The molecule has 0 rings (SSSR count). The lowest BCUT2D eigenvalue weighted by Gasteiger charge is -2.10. The maximum Gasteiger partial charge on any atom is 0.332 e. The normalized spacial score (nSPS) is 13.9. The van der Waals surface area contributed by atoms with Crippen LogP contribution in [0.5, 0.6) is 0 Å². The highest BCUT2D eigenvalue weighted by atomic mass is 16.5. The second kappa shape index (κ2) is 19.5. The average molecular weight is 361 g/mol. The molecule has 146 valence electrons. The first kappa shape index (κ1) is 24.1. The summed E-state index contributed by atoms with van der Waals surface area (Å²) in [7, 11) is 0. The Labute approximate surface area is 159 Å². The van der Waals surface area contributed by atoms with Gasteiger partial charge in [0, 0.05) is 6.61 Å². The molecule has 3 nitrogen and oxygen atoms in total. The Balaban J connectivity index is 3.50. The molecular weight excluding hydrogens is 324 g/mol. The van der Waals surface area contributed by atoms with Gasteiger partial charge < -0.3 is 9.84 Å². The predicted molar refractivity (Wildman–Crippen MR) is 111 cm³/mol. The minimum absolute atomic E-state index is 0.518. The van der Waals surface area contributed by atoms with Gasteiger partial charge in [-0.2, -0.15) is 0 Å². The van der Waals surface area contributed by atoms with Crippen molar-refractivity contribution >= 4 is 5.97 Å². The highest BCUT2D eigenvalue weighted by molar-refractivity contribution is 5.72. The average Bonchev–Trinajstić information content (AvgIpc) is 2.63. The van der Waals surface area contributed by atoms with E-state index in [4.69, 9.17) is 9.84 Å². The first-order valence-electron chi connectivity index (χ1n) is 9.77. The first-order chi connectivity index (χ1) is 12.7. The van der Waals surface area contributed by atoms with Gasteiger partial charge in [0.1, 0.15) is 0 Å². The van der Waals surface area contributed by atoms with Gasteiger partial charge >= 0.3 is 5.97 Å². The molecule has 26 heavy (non-hydrogen) atoms. The van der Waals surface area contributed by atoms with Gasteiger partial charge in [-0.1, -0.05) is 67.7 Å². The molecule has 1 N–H and O–H groups in total. The van der Waals surface area contributed by atoms with E-state index >= 15 is 0 Å². The number of aliphatic carboxylic acids is 1. The highest BCUT2D eigenvalue weighted by Crippen LogP contribution is 2.03. The van der Waals surface area contributed by atoms with Crippen LogP contribution < -0.4 is 0 Å². The summed E-state index contributed by atoms with van der Waals surface area (Å²) in [5, 5.41) is 8.86. The van der Waals surface area contributed by atoms with Crippen molar-refractivity contribution in [2.75, 3.05) is 6.61 Å². The van der Waals surface area contributed by atoms with E-state index in [0.29, 0.717) is 13.0 Å². The van der Waals surface area contributed by atoms with Crippen LogP contribution in [0.4, 0.5) is 0 Å². The molecule has 0 radical (unpaired) electrons. The Morgan fingerprint density at radius 1 is 0.846 bits per heavy atom. The molecule has 0 aliphatic rings. The zero-order valence-corrected chi connectivity index (χ0v) is 16.5. The molecule has 0 aliphatic heterocycles. The second-order valence-corrected chi connectivity index (χ2v) is 6.00. The monoisotopic (exact) mass is 360 g/mol. The zero-order chi connectivity index (χ0) is 19.3. The Kier molecular flexibility index (Phi) is 18.1. The summed E-state index contributed by atoms with van der Waals surface area (Å²) in [6.45, 7) is 4.39. The van der Waals surface area contributed by atoms with Crippen molar-refractivity contribution in [3.63, 3.8) is 0 Å². The molecule has 3 heteroatoms. The van der Waals surface area contributed by atoms with Crippen LogP contribution in [-0.4, -0.2) is 23.8 Å². The molecule has 0 aromatic carbocycles. The van der Waals surface area contributed by atoms with E-state index in [2.05, 4.69) is 60.8 Å². The summed E-state index contributed by atoms with van der Waals surface area (Å²) in [5.74, 6) is -0.866. The maximum atomic E-state index is 10.8. The lowest BCUT2D eigenvalue weighted by atomic mass is 10.2. The summed E-state index contributed by atoms with van der Waals surface area (Å²) in [6.07, 6.45) is 28.5. The topological polar surface area (TPSA) is 46.5 Å². The van der Waals surface area contributed by atoms with E-state index in [1.165, 1.54) is 0 Å². The maximum absolute atomic E-state index is 10.8. The minimum atomic E-state index is -0.866. The molecule has 0 aromatic heterocycles. The summed E-state index contributed by atoms with van der Waals surface area (Å²) < 4.78 is 5.33. The first-order valence-corrected chi connectivity index (χ1v) is 9.77. The van der Waals surface area contributed by atoms with Crippen molar-refractivity contribution in [2.24, 2.45) is 0 Å². The van der Waals surface area contributed by atoms with Gasteiger partial charge in [0.25, 0.3) is 0 Å². The van der Waals surface area contributed by atoms with Gasteiger partial charge in [-0.3, -0.25) is 0 Å². The Morgan fingerprint density at radius 3 is 1.81 bits per heavy atom. The van der Waals surface area contributed by atoms with Crippen LogP contribution in [0.1, 0.15) is 65.2 Å². The van der Waals surface area contributed by atoms with Crippen LogP contribution in [0.25, 0.3) is 0 Å². The molecule has 0 spiro atoms. The number of ether oxygens (including phenoxy) is 1. The van der Waals surface area contributed by atoms with Crippen LogP contribution in [0.2, 0.25) is 0 Å². The van der Waals surface area contributed by atoms with Crippen molar-refractivity contribution in [1.82, 2.24) is 0 Å². The van der Waals surface area contributed by atoms with Gasteiger partial charge in [-0.25, -0.2) is 4.79 Å². The Morgan fingerprint density at radius 2 is 1.35 bits per heavy atom. The van der Waals surface area contributed by atoms with Gasteiger partial charge in [-0.05, 0) is 58.3 Å². The lowest BCUT2D eigenvalue weighted by Crippen LogP contribution is -2.23. The van der Waals surface area contributed by atoms with E-state index in [-0.39, 0.29) is 0 Å². The Bertz CT molecular complexity index is 470. The number of carboxylic acids is 1. The number of carboxylic acid groups (broad SMARTS) is 1. The van der Waals surface area contributed by atoms with E-state index in [1.807, 2.05) is 13.8 Å². The molecule has 0 saturated carbocycles. The number of hydrogen-bond donors (Lipinski definition) is 1. The van der Waals surface area contributed by atoms with E-state index in [9.17, 15) is 4.79 Å². The third-order valence-corrected chi connectivity index (χ3v) is 3.72. The third kappa shape index (κ3) is 17.0. The SMILES string of the molecule is C/C=C\C/C=C\C/C=C\C/C=C\C/C=C\CCCCOC(CC)C(=O)O. The number of allylic oxidation sites excluding steroid dienone is 10. The highest BCUT2D eigenvalue weighted by Gasteiger charge is 2.14. The number of hydrogen-bond acceptors (Lipinski definition) is 2. The lowest BCUT2D eigenvalue weighted by molar-refractivity contribution is -0.150. The van der Waals surface area contributed by atoms with Crippen LogP contribution in [0.15, 0.2) is 60.8 Å². The van der Waals surface area contributed by atoms with Gasteiger partial charge in [0.15, 0.2) is 6.10 Å². The van der Waals surface area contributed by atoms with Gasteiger partial charge in [-0.15, -0.1) is 0 Å². The van der Waals surface area contributed by atoms with Crippen molar-refractivity contribution in [3.05, 3.63) is 60.8 Å². The van der Waals surface area contributed by atoms with Gasteiger partial charge in [0.05, 0.1) is 0 Å². The van der Waals surface area contributed by atoms with Crippen LogP contribution in [0, 0.1) is 0 Å². The van der Waals surface area contributed by atoms with E-state index < -0.39 is 12.1 Å². The molecule has 0 heterocycles. The largest absolute Gasteiger partial charge is 0.479 e. The quantitative estimate of drug-likeness (QED) is 0.256. The number of carbonyl (C=O) groups is 1. The van der Waals surface area contributed by atoms with Crippen molar-refractivity contribution in [2.45, 2.75) is 71.3 Å². The van der Waals surface area contributed by atoms with E-state index in [1.54, 1.807) is 0 Å². The summed E-state index contributed by atoms with van der Waals surface area (Å²) >= 11 is 0. The van der Waals surface area contributed by atoms with Crippen LogP contribution in [0.3, 0.4) is 0 Å². The summed E-state index contributed by atoms with van der Waals surface area (Å²) in [5.41, 5.74) is 0. The summed E-state index contributed by atoms with van der Waals surface area (Å²) in [4.78, 5) is 10.8. The predicted octanol–water partition coefficient (Wildman–Crippen LogP) is 6.40. The summed E-state index contributed by atoms with van der Waals surface area (Å²) in [6, 6.07) is 0. The van der Waals surface area contributed by atoms with Crippen molar-refractivity contribution in [3.8, 4) is 0 Å². The minimum Gasteiger partial charge on any atom is -0.479 e. The molecule has 0 fully saturated rings.